The molecule has 0 fully saturated rings. The summed E-state index contributed by atoms with van der Waals surface area (Å²) in [5, 5.41) is 11.5. The van der Waals surface area contributed by atoms with Gasteiger partial charge in [-0.15, -0.1) is 34.2 Å². The molecular formula is C18H28IN7O2S. The van der Waals surface area contributed by atoms with Crippen molar-refractivity contribution in [3.8, 4) is 0 Å². The first-order valence-corrected chi connectivity index (χ1v) is 11.3. The van der Waals surface area contributed by atoms with Crippen LogP contribution in [0.4, 0.5) is 5.69 Å². The Kier molecular flexibility index (Phi) is 8.83. The van der Waals surface area contributed by atoms with Gasteiger partial charge in [0, 0.05) is 38.3 Å². The summed E-state index contributed by atoms with van der Waals surface area (Å²) in [4.78, 5) is 6.79. The molecule has 1 aliphatic heterocycles. The van der Waals surface area contributed by atoms with E-state index in [2.05, 4.69) is 49.2 Å². The number of hydrogen-bond donors (Lipinski definition) is 2. The van der Waals surface area contributed by atoms with Crippen molar-refractivity contribution < 1.29 is 8.42 Å². The lowest BCUT2D eigenvalue weighted by atomic mass is 10.2. The lowest BCUT2D eigenvalue weighted by Gasteiger charge is -2.23. The number of aliphatic imine (C=N–C) groups is 1. The molecule has 0 atom stereocenters. The fraction of sp³-hybridized carbons (Fsp3) is 0.500. The molecule has 1 aromatic heterocycles. The maximum absolute atomic E-state index is 11.3. The summed E-state index contributed by atoms with van der Waals surface area (Å²) >= 11 is 0. The normalized spacial score (nSPS) is 13.9. The van der Waals surface area contributed by atoms with Crippen molar-refractivity contribution in [3.63, 3.8) is 0 Å². The van der Waals surface area contributed by atoms with Crippen LogP contribution in [-0.2, 0) is 29.4 Å². The van der Waals surface area contributed by atoms with Gasteiger partial charge in [0.2, 0.25) is 10.0 Å². The molecular weight excluding hydrogens is 505 g/mol. The van der Waals surface area contributed by atoms with Crippen molar-refractivity contribution >= 4 is 45.6 Å². The van der Waals surface area contributed by atoms with Crippen molar-refractivity contribution in [2.24, 2.45) is 4.99 Å². The van der Waals surface area contributed by atoms with Crippen LogP contribution < -0.4 is 14.9 Å². The quantitative estimate of drug-likeness (QED) is 0.227. The number of fused-ring (bicyclic) bond motifs is 1. The van der Waals surface area contributed by atoms with Crippen LogP contribution in [0.2, 0.25) is 0 Å². The zero-order valence-corrected chi connectivity index (χ0v) is 19.9. The number of nitrogens with zero attached hydrogens (tertiary/aromatic N) is 5. The van der Waals surface area contributed by atoms with Gasteiger partial charge in [0.15, 0.2) is 5.96 Å². The van der Waals surface area contributed by atoms with Crippen LogP contribution in [0.25, 0.3) is 0 Å². The molecule has 0 aliphatic carbocycles. The highest BCUT2D eigenvalue weighted by atomic mass is 127. The Morgan fingerprint density at radius 1 is 1.28 bits per heavy atom. The standard InChI is InChI=1S/C18H27N7O2S.HI/c1-3-17-23-21-14-24(17)13-11-20-18(19-9-10-22-28(2,26)27)25-12-8-15-6-4-5-7-16(15)25;/h4-7,14,22H,3,8-13H2,1-2H3,(H,19,20);1H. The third-order valence-corrected chi connectivity index (χ3v) is 5.26. The average Bonchev–Trinajstić information content (AvgIpc) is 3.29. The molecule has 29 heavy (non-hydrogen) atoms. The van der Waals surface area contributed by atoms with E-state index in [0.29, 0.717) is 13.1 Å². The summed E-state index contributed by atoms with van der Waals surface area (Å²) in [7, 11) is -3.21. The maximum Gasteiger partial charge on any atom is 0.208 e. The predicted molar refractivity (Wildman–Crippen MR) is 125 cm³/mol. The summed E-state index contributed by atoms with van der Waals surface area (Å²) in [5.74, 6) is 1.70. The number of guanidine groups is 1. The highest BCUT2D eigenvalue weighted by molar-refractivity contribution is 14.0. The zero-order valence-electron chi connectivity index (χ0n) is 16.7. The van der Waals surface area contributed by atoms with Gasteiger partial charge in [-0.05, 0) is 18.1 Å². The van der Waals surface area contributed by atoms with Crippen LogP contribution >= 0.6 is 24.0 Å². The summed E-state index contributed by atoms with van der Waals surface area (Å²) < 4.78 is 27.0. The fourth-order valence-corrected chi connectivity index (χ4v) is 3.68. The van der Waals surface area contributed by atoms with Crippen molar-refractivity contribution in [2.75, 3.05) is 37.3 Å². The van der Waals surface area contributed by atoms with Crippen LogP contribution in [0.15, 0.2) is 35.6 Å². The average molecular weight is 533 g/mol. The van der Waals surface area contributed by atoms with E-state index in [-0.39, 0.29) is 30.5 Å². The summed E-state index contributed by atoms with van der Waals surface area (Å²) in [6.07, 6.45) is 4.68. The molecule has 1 aromatic carbocycles. The number of para-hydroxylation sites is 1. The third kappa shape index (κ3) is 6.64. The lowest BCUT2D eigenvalue weighted by molar-refractivity contribution is 0.588. The minimum atomic E-state index is -3.21. The van der Waals surface area contributed by atoms with Gasteiger partial charge in [0.05, 0.1) is 12.8 Å². The molecule has 0 amide bonds. The number of aryl methyl sites for hydroxylation is 1. The molecule has 2 heterocycles. The van der Waals surface area contributed by atoms with E-state index in [1.807, 2.05) is 16.7 Å². The molecule has 0 saturated heterocycles. The molecule has 1 aliphatic rings. The Morgan fingerprint density at radius 3 is 2.83 bits per heavy atom. The second kappa shape index (κ2) is 10.9. The van der Waals surface area contributed by atoms with E-state index in [9.17, 15) is 8.42 Å². The summed E-state index contributed by atoms with van der Waals surface area (Å²) in [5.41, 5.74) is 2.43. The number of aromatic nitrogens is 3. The molecule has 0 saturated carbocycles. The Balaban J connectivity index is 0.00000300. The first-order valence-electron chi connectivity index (χ1n) is 9.43. The third-order valence-electron chi connectivity index (χ3n) is 4.53. The van der Waals surface area contributed by atoms with Gasteiger partial charge in [0.1, 0.15) is 12.2 Å². The van der Waals surface area contributed by atoms with Gasteiger partial charge >= 0.3 is 0 Å². The molecule has 0 radical (unpaired) electrons. The largest absolute Gasteiger partial charge is 0.354 e. The molecule has 0 unspecified atom stereocenters. The van der Waals surface area contributed by atoms with Crippen LogP contribution in [-0.4, -0.2) is 61.6 Å². The number of nitrogens with one attached hydrogen (secondary N) is 2. The van der Waals surface area contributed by atoms with E-state index in [1.165, 1.54) is 5.56 Å². The Hall–Kier alpha value is -1.73. The van der Waals surface area contributed by atoms with E-state index >= 15 is 0 Å². The van der Waals surface area contributed by atoms with Crippen molar-refractivity contribution in [1.29, 1.82) is 0 Å². The van der Waals surface area contributed by atoms with Crippen molar-refractivity contribution in [1.82, 2.24) is 24.8 Å². The second-order valence-corrected chi connectivity index (χ2v) is 8.46. The van der Waals surface area contributed by atoms with Crippen LogP contribution in [0.5, 0.6) is 0 Å². The molecule has 0 bridgehead atoms. The fourth-order valence-electron chi connectivity index (χ4n) is 3.22. The zero-order chi connectivity index (χ0) is 20.0. The number of benzene rings is 1. The smallest absolute Gasteiger partial charge is 0.208 e. The highest BCUT2D eigenvalue weighted by Crippen LogP contribution is 2.27. The molecule has 0 spiro atoms. The van der Waals surface area contributed by atoms with Crippen LogP contribution in [0.3, 0.4) is 0 Å². The highest BCUT2D eigenvalue weighted by Gasteiger charge is 2.22. The van der Waals surface area contributed by atoms with Crippen molar-refractivity contribution in [2.45, 2.75) is 26.3 Å². The number of sulfonamides is 1. The number of hydrogen-bond acceptors (Lipinski definition) is 5. The SMILES string of the molecule is CCc1nncn1CCNC(=NCCNS(C)(=O)=O)N1CCc2ccccc21.I. The Labute approximate surface area is 189 Å². The Bertz CT molecular complexity index is 930. The van der Waals surface area contributed by atoms with Crippen LogP contribution in [0.1, 0.15) is 18.3 Å². The topological polar surface area (TPSA) is 105 Å². The minimum Gasteiger partial charge on any atom is -0.354 e. The van der Waals surface area contributed by atoms with Gasteiger partial charge in [-0.3, -0.25) is 4.99 Å². The van der Waals surface area contributed by atoms with Crippen LogP contribution in [0, 0.1) is 0 Å². The van der Waals surface area contributed by atoms with Gasteiger partial charge in [0.25, 0.3) is 0 Å². The van der Waals surface area contributed by atoms with Gasteiger partial charge in [-0.2, -0.15) is 0 Å². The molecule has 3 rings (SSSR count). The predicted octanol–water partition coefficient (Wildman–Crippen LogP) is 1.02. The molecule has 2 N–H and O–H groups in total. The van der Waals surface area contributed by atoms with E-state index in [1.54, 1.807) is 6.33 Å². The molecule has 2 aromatic rings. The van der Waals surface area contributed by atoms with Crippen molar-refractivity contribution in [3.05, 3.63) is 42.0 Å². The maximum atomic E-state index is 11.3. The summed E-state index contributed by atoms with van der Waals surface area (Å²) in [6.45, 7) is 4.93. The second-order valence-electron chi connectivity index (χ2n) is 6.62. The van der Waals surface area contributed by atoms with E-state index in [4.69, 9.17) is 0 Å². The number of rotatable bonds is 8. The lowest BCUT2D eigenvalue weighted by Crippen LogP contribution is -2.42. The molecule has 160 valence electrons. The van der Waals surface area contributed by atoms with E-state index in [0.717, 1.165) is 49.7 Å². The monoisotopic (exact) mass is 533 g/mol. The van der Waals surface area contributed by atoms with Gasteiger partial charge in [-0.25, -0.2) is 13.1 Å². The van der Waals surface area contributed by atoms with E-state index < -0.39 is 10.0 Å². The minimum absolute atomic E-state index is 0. The number of anilines is 1. The van der Waals surface area contributed by atoms with Gasteiger partial charge < -0.3 is 14.8 Å². The Morgan fingerprint density at radius 2 is 2.07 bits per heavy atom. The summed E-state index contributed by atoms with van der Waals surface area (Å²) in [6, 6.07) is 8.28. The molecule has 9 nitrogen and oxygen atoms in total. The molecule has 11 heteroatoms. The first-order chi connectivity index (χ1) is 13.5. The first kappa shape index (κ1) is 23.5. The van der Waals surface area contributed by atoms with Gasteiger partial charge in [-0.1, -0.05) is 25.1 Å². The number of halogens is 1.